The summed E-state index contributed by atoms with van der Waals surface area (Å²) in [6, 6.07) is 9.50. The molecule has 1 aliphatic carbocycles. The molecular formula is C21H34. The predicted octanol–water partition coefficient (Wildman–Crippen LogP) is 6.45. The molecule has 5 unspecified atom stereocenters. The number of hydrogen-bond acceptors (Lipinski definition) is 0. The average molecular weight is 287 g/mol. The van der Waals surface area contributed by atoms with Crippen LogP contribution < -0.4 is 0 Å². The van der Waals surface area contributed by atoms with E-state index in [2.05, 4.69) is 58.9 Å². The maximum Gasteiger partial charge on any atom is -0.0139 e. The second-order valence-corrected chi connectivity index (χ2v) is 7.56. The van der Waals surface area contributed by atoms with Crippen molar-refractivity contribution >= 4 is 0 Å². The Bertz CT molecular complexity index is 433. The molecule has 2 rings (SSSR count). The van der Waals surface area contributed by atoms with E-state index in [4.69, 9.17) is 0 Å². The molecule has 0 nitrogen and oxygen atoms in total. The molecule has 5 atom stereocenters. The van der Waals surface area contributed by atoms with E-state index in [0.29, 0.717) is 0 Å². The van der Waals surface area contributed by atoms with Gasteiger partial charge in [0, 0.05) is 0 Å². The van der Waals surface area contributed by atoms with Gasteiger partial charge in [-0.3, -0.25) is 0 Å². The third kappa shape index (κ3) is 3.90. The highest BCUT2D eigenvalue weighted by atomic mass is 14.4. The topological polar surface area (TPSA) is 0 Å². The Morgan fingerprint density at radius 1 is 1.19 bits per heavy atom. The normalized spacial score (nSPS) is 28.0. The summed E-state index contributed by atoms with van der Waals surface area (Å²) in [7, 11) is 0. The van der Waals surface area contributed by atoms with Gasteiger partial charge in [-0.2, -0.15) is 0 Å². The molecule has 1 aromatic rings. The van der Waals surface area contributed by atoms with Crippen LogP contribution in [0.25, 0.3) is 0 Å². The third-order valence-electron chi connectivity index (χ3n) is 6.06. The monoisotopic (exact) mass is 286 g/mol. The Labute approximate surface area is 132 Å². The molecule has 0 spiro atoms. The van der Waals surface area contributed by atoms with Gasteiger partial charge in [0.25, 0.3) is 0 Å². The predicted molar refractivity (Wildman–Crippen MR) is 93.7 cm³/mol. The van der Waals surface area contributed by atoms with Gasteiger partial charge in [0.2, 0.25) is 0 Å². The Balaban J connectivity index is 2.05. The second kappa shape index (κ2) is 7.47. The minimum Gasteiger partial charge on any atom is -0.0654 e. The first-order valence-electron chi connectivity index (χ1n) is 9.15. The highest BCUT2D eigenvalue weighted by molar-refractivity contribution is 5.27. The Kier molecular flexibility index (Phi) is 5.90. The molecule has 0 N–H and O–H groups in total. The summed E-state index contributed by atoms with van der Waals surface area (Å²) in [5.41, 5.74) is 3.15. The first-order valence-corrected chi connectivity index (χ1v) is 9.15. The molecule has 0 heteroatoms. The van der Waals surface area contributed by atoms with E-state index >= 15 is 0 Å². The van der Waals surface area contributed by atoms with Crippen LogP contribution in [0.1, 0.15) is 77.3 Å². The van der Waals surface area contributed by atoms with E-state index in [9.17, 15) is 0 Å². The number of rotatable bonds is 7. The van der Waals surface area contributed by atoms with E-state index in [1.165, 1.54) is 32.1 Å². The summed E-state index contributed by atoms with van der Waals surface area (Å²) in [5, 5.41) is 0. The zero-order valence-corrected chi connectivity index (χ0v) is 14.7. The first kappa shape index (κ1) is 16.6. The third-order valence-corrected chi connectivity index (χ3v) is 6.06. The maximum absolute atomic E-state index is 2.51. The van der Waals surface area contributed by atoms with Crippen molar-refractivity contribution in [2.45, 2.75) is 72.6 Å². The summed E-state index contributed by atoms with van der Waals surface area (Å²) >= 11 is 0. The van der Waals surface area contributed by atoms with Crippen molar-refractivity contribution in [2.24, 2.45) is 23.7 Å². The lowest BCUT2D eigenvalue weighted by Gasteiger charge is -2.41. The van der Waals surface area contributed by atoms with Crippen LogP contribution in [-0.4, -0.2) is 0 Å². The Morgan fingerprint density at radius 2 is 1.95 bits per heavy atom. The van der Waals surface area contributed by atoms with Gasteiger partial charge in [-0.25, -0.2) is 0 Å². The van der Waals surface area contributed by atoms with Crippen molar-refractivity contribution in [3.8, 4) is 0 Å². The van der Waals surface area contributed by atoms with E-state index in [-0.39, 0.29) is 0 Å². The molecule has 0 bridgehead atoms. The van der Waals surface area contributed by atoms with Crippen LogP contribution in [0.4, 0.5) is 0 Å². The molecule has 1 fully saturated rings. The molecular weight excluding hydrogens is 252 g/mol. The number of benzene rings is 1. The minimum absolute atomic E-state index is 0.739. The van der Waals surface area contributed by atoms with Crippen LogP contribution >= 0.6 is 0 Å². The van der Waals surface area contributed by atoms with Crippen molar-refractivity contribution in [1.82, 2.24) is 0 Å². The second-order valence-electron chi connectivity index (χ2n) is 7.56. The Hall–Kier alpha value is -0.780. The highest BCUT2D eigenvalue weighted by Gasteiger charge is 2.34. The fourth-order valence-electron chi connectivity index (χ4n) is 4.32. The molecule has 0 aromatic heterocycles. The average Bonchev–Trinajstić information content (AvgIpc) is 2.48. The lowest BCUT2D eigenvalue weighted by atomic mass is 9.64. The quantitative estimate of drug-likeness (QED) is 0.540. The first-order chi connectivity index (χ1) is 10.1. The van der Waals surface area contributed by atoms with Gasteiger partial charge in [-0.15, -0.1) is 0 Å². The van der Waals surface area contributed by atoms with Gasteiger partial charge in [0.05, 0.1) is 0 Å². The molecule has 1 aliphatic rings. The van der Waals surface area contributed by atoms with Gasteiger partial charge >= 0.3 is 0 Å². The zero-order valence-electron chi connectivity index (χ0n) is 14.7. The van der Waals surface area contributed by atoms with Crippen LogP contribution in [0.2, 0.25) is 0 Å². The molecule has 1 aromatic carbocycles. The SMILES string of the molecule is CCCC(C)C(CC)c1cccc(CC2CC(C)C2C)c1. The number of hydrogen-bond donors (Lipinski definition) is 0. The van der Waals surface area contributed by atoms with E-state index in [1.54, 1.807) is 11.1 Å². The zero-order chi connectivity index (χ0) is 15.4. The summed E-state index contributed by atoms with van der Waals surface area (Å²) in [6.45, 7) is 11.9. The van der Waals surface area contributed by atoms with E-state index in [1.807, 2.05) is 0 Å². The highest BCUT2D eigenvalue weighted by Crippen LogP contribution is 2.42. The van der Waals surface area contributed by atoms with Crippen LogP contribution in [0.15, 0.2) is 24.3 Å². The van der Waals surface area contributed by atoms with Crippen LogP contribution in [0.3, 0.4) is 0 Å². The Morgan fingerprint density at radius 3 is 2.52 bits per heavy atom. The maximum atomic E-state index is 2.51. The minimum atomic E-state index is 0.739. The fourth-order valence-corrected chi connectivity index (χ4v) is 4.32. The molecule has 1 saturated carbocycles. The largest absolute Gasteiger partial charge is 0.0654 e. The van der Waals surface area contributed by atoms with Crippen molar-refractivity contribution in [2.75, 3.05) is 0 Å². The summed E-state index contributed by atoms with van der Waals surface area (Å²) in [5.74, 6) is 4.31. The van der Waals surface area contributed by atoms with Crippen molar-refractivity contribution in [3.63, 3.8) is 0 Å². The van der Waals surface area contributed by atoms with Gasteiger partial charge in [0.15, 0.2) is 0 Å². The van der Waals surface area contributed by atoms with Crippen LogP contribution in [0.5, 0.6) is 0 Å². The molecule has 0 radical (unpaired) electrons. The molecule has 0 amide bonds. The van der Waals surface area contributed by atoms with Gasteiger partial charge in [-0.05, 0) is 60.0 Å². The summed E-state index contributed by atoms with van der Waals surface area (Å²) in [6.07, 6.45) is 6.63. The van der Waals surface area contributed by atoms with Crippen molar-refractivity contribution < 1.29 is 0 Å². The van der Waals surface area contributed by atoms with E-state index in [0.717, 1.165) is 29.6 Å². The lowest BCUT2D eigenvalue weighted by Crippen LogP contribution is -2.33. The van der Waals surface area contributed by atoms with Gasteiger partial charge < -0.3 is 0 Å². The molecule has 118 valence electrons. The molecule has 21 heavy (non-hydrogen) atoms. The van der Waals surface area contributed by atoms with Gasteiger partial charge in [-0.1, -0.05) is 71.7 Å². The van der Waals surface area contributed by atoms with Crippen LogP contribution in [-0.2, 0) is 6.42 Å². The summed E-state index contributed by atoms with van der Waals surface area (Å²) in [4.78, 5) is 0. The summed E-state index contributed by atoms with van der Waals surface area (Å²) < 4.78 is 0. The fraction of sp³-hybridized carbons (Fsp3) is 0.714. The van der Waals surface area contributed by atoms with E-state index < -0.39 is 0 Å². The molecule has 0 heterocycles. The van der Waals surface area contributed by atoms with Crippen molar-refractivity contribution in [3.05, 3.63) is 35.4 Å². The van der Waals surface area contributed by atoms with Gasteiger partial charge in [0.1, 0.15) is 0 Å². The standard InChI is InChI=1S/C21H34/c1-6-9-15(3)21(7-2)19-11-8-10-18(13-19)14-20-12-16(4)17(20)5/h8,10-11,13,15-17,20-21H,6-7,9,12,14H2,1-5H3. The lowest BCUT2D eigenvalue weighted by molar-refractivity contribution is 0.104. The molecule has 0 saturated heterocycles. The smallest absolute Gasteiger partial charge is 0.0139 e. The van der Waals surface area contributed by atoms with Crippen LogP contribution in [0, 0.1) is 23.7 Å². The molecule has 0 aliphatic heterocycles. The van der Waals surface area contributed by atoms with Crippen molar-refractivity contribution in [1.29, 1.82) is 0 Å².